The number of hydrogen-bond acceptors (Lipinski definition) is 4. The van der Waals surface area contributed by atoms with Gasteiger partial charge in [0, 0.05) is 37.9 Å². The first kappa shape index (κ1) is 15.4. The average molecular weight is 322 g/mol. The summed E-state index contributed by atoms with van der Waals surface area (Å²) >= 11 is 0. The van der Waals surface area contributed by atoms with E-state index in [1.54, 1.807) is 0 Å². The first-order valence-corrected chi connectivity index (χ1v) is 9.20. The van der Waals surface area contributed by atoms with E-state index in [2.05, 4.69) is 53.1 Å². The van der Waals surface area contributed by atoms with Crippen molar-refractivity contribution >= 4 is 11.8 Å². The van der Waals surface area contributed by atoms with Crippen molar-refractivity contribution in [2.45, 2.75) is 38.5 Å². The number of nitrogens with zero attached hydrogens (tertiary/aromatic N) is 4. The molecule has 1 aromatic heterocycles. The summed E-state index contributed by atoms with van der Waals surface area (Å²) in [5.41, 5.74) is 2.55. The normalized spacial score (nSPS) is 19.0. The van der Waals surface area contributed by atoms with Crippen LogP contribution in [0.5, 0.6) is 0 Å². The zero-order chi connectivity index (χ0) is 16.4. The molecule has 1 aromatic carbocycles. The molecule has 0 spiro atoms. The van der Waals surface area contributed by atoms with Gasteiger partial charge in [-0.1, -0.05) is 30.3 Å². The van der Waals surface area contributed by atoms with E-state index in [0.717, 1.165) is 43.6 Å². The Balaban J connectivity index is 1.47. The van der Waals surface area contributed by atoms with E-state index in [1.165, 1.54) is 31.2 Å². The van der Waals surface area contributed by atoms with Crippen molar-refractivity contribution in [2.75, 3.05) is 36.0 Å². The minimum absolute atomic E-state index is 0.672. The molecule has 3 heterocycles. The Kier molecular flexibility index (Phi) is 4.37. The molecule has 2 aliphatic heterocycles. The van der Waals surface area contributed by atoms with Crippen molar-refractivity contribution in [1.29, 1.82) is 0 Å². The van der Waals surface area contributed by atoms with Gasteiger partial charge < -0.3 is 9.80 Å². The number of aryl methyl sites for hydroxylation is 1. The minimum Gasteiger partial charge on any atom is -0.356 e. The molecule has 2 fully saturated rings. The van der Waals surface area contributed by atoms with Crippen LogP contribution in [-0.4, -0.2) is 36.1 Å². The van der Waals surface area contributed by atoms with Gasteiger partial charge in [0.05, 0.1) is 0 Å². The van der Waals surface area contributed by atoms with E-state index in [9.17, 15) is 0 Å². The molecule has 4 rings (SSSR count). The lowest BCUT2D eigenvalue weighted by atomic mass is 9.90. The molecule has 0 amide bonds. The summed E-state index contributed by atoms with van der Waals surface area (Å²) < 4.78 is 0. The van der Waals surface area contributed by atoms with Crippen molar-refractivity contribution in [3.8, 4) is 0 Å². The van der Waals surface area contributed by atoms with Crippen molar-refractivity contribution in [3.05, 3.63) is 47.7 Å². The summed E-state index contributed by atoms with van der Waals surface area (Å²) in [4.78, 5) is 14.4. The summed E-state index contributed by atoms with van der Waals surface area (Å²) in [6, 6.07) is 13.0. The Labute approximate surface area is 144 Å². The van der Waals surface area contributed by atoms with E-state index in [0.29, 0.717) is 5.92 Å². The topological polar surface area (TPSA) is 32.3 Å². The minimum atomic E-state index is 0.672. The van der Waals surface area contributed by atoms with Crippen LogP contribution in [0.3, 0.4) is 0 Å². The molecule has 4 nitrogen and oxygen atoms in total. The predicted octanol–water partition coefficient (Wildman–Crippen LogP) is 3.77. The van der Waals surface area contributed by atoms with Gasteiger partial charge in [-0.25, -0.2) is 4.98 Å². The quantitative estimate of drug-likeness (QED) is 0.861. The van der Waals surface area contributed by atoms with E-state index in [4.69, 9.17) is 9.97 Å². The Morgan fingerprint density at radius 3 is 2.29 bits per heavy atom. The third-order valence-electron chi connectivity index (χ3n) is 5.31. The second-order valence-electron chi connectivity index (χ2n) is 7.03. The smallest absolute Gasteiger partial charge is 0.227 e. The van der Waals surface area contributed by atoms with Gasteiger partial charge in [0.15, 0.2) is 0 Å². The number of piperidine rings is 1. The maximum absolute atomic E-state index is 4.88. The molecule has 2 saturated heterocycles. The molecule has 0 aliphatic carbocycles. The van der Waals surface area contributed by atoms with Gasteiger partial charge in [-0.15, -0.1) is 0 Å². The van der Waals surface area contributed by atoms with E-state index in [-0.39, 0.29) is 0 Å². The number of anilines is 2. The van der Waals surface area contributed by atoms with Gasteiger partial charge in [0.1, 0.15) is 5.82 Å². The van der Waals surface area contributed by atoms with Crippen LogP contribution in [0.25, 0.3) is 0 Å². The zero-order valence-electron chi connectivity index (χ0n) is 14.5. The number of aromatic nitrogens is 2. The van der Waals surface area contributed by atoms with Gasteiger partial charge in [-0.3, -0.25) is 0 Å². The lowest BCUT2D eigenvalue weighted by molar-refractivity contribution is 0.499. The van der Waals surface area contributed by atoms with Crippen molar-refractivity contribution in [2.24, 2.45) is 0 Å². The van der Waals surface area contributed by atoms with Gasteiger partial charge >= 0.3 is 0 Å². The molecule has 4 heteroatoms. The first-order chi connectivity index (χ1) is 11.8. The van der Waals surface area contributed by atoms with Gasteiger partial charge in [-0.05, 0) is 44.1 Å². The summed E-state index contributed by atoms with van der Waals surface area (Å²) in [5.74, 6) is 2.70. The summed E-state index contributed by atoms with van der Waals surface area (Å²) in [6.45, 7) is 6.43. The molecule has 0 unspecified atom stereocenters. The summed E-state index contributed by atoms with van der Waals surface area (Å²) in [6.07, 6.45) is 4.92. The summed E-state index contributed by atoms with van der Waals surface area (Å²) in [7, 11) is 0. The average Bonchev–Trinajstić information content (AvgIpc) is 3.17. The van der Waals surface area contributed by atoms with E-state index < -0.39 is 0 Å². The Morgan fingerprint density at radius 1 is 0.875 bits per heavy atom. The molecule has 2 aromatic rings. The lowest BCUT2D eigenvalue weighted by Crippen LogP contribution is -2.34. The van der Waals surface area contributed by atoms with Crippen LogP contribution in [0.15, 0.2) is 36.4 Å². The maximum Gasteiger partial charge on any atom is 0.227 e. The van der Waals surface area contributed by atoms with Crippen LogP contribution < -0.4 is 9.80 Å². The highest BCUT2D eigenvalue weighted by Gasteiger charge is 2.23. The number of benzene rings is 1. The van der Waals surface area contributed by atoms with Crippen LogP contribution in [0.2, 0.25) is 0 Å². The zero-order valence-corrected chi connectivity index (χ0v) is 14.5. The standard InChI is InChI=1S/C20H26N4/c1-16-15-19(23-11-5-6-12-23)22-20(21-16)24-13-9-18(10-14-24)17-7-3-2-4-8-17/h2-4,7-8,15,18H,5-6,9-14H2,1H3. The fourth-order valence-electron chi connectivity index (χ4n) is 3.92. The second kappa shape index (κ2) is 6.80. The highest BCUT2D eigenvalue weighted by Crippen LogP contribution is 2.30. The van der Waals surface area contributed by atoms with Crippen LogP contribution in [0.4, 0.5) is 11.8 Å². The molecule has 2 aliphatic rings. The maximum atomic E-state index is 4.88. The van der Waals surface area contributed by atoms with Gasteiger partial charge in [0.2, 0.25) is 5.95 Å². The van der Waals surface area contributed by atoms with Crippen LogP contribution in [0, 0.1) is 6.92 Å². The van der Waals surface area contributed by atoms with E-state index in [1.807, 2.05) is 0 Å². The first-order valence-electron chi connectivity index (χ1n) is 9.20. The lowest BCUT2D eigenvalue weighted by Gasteiger charge is -2.33. The highest BCUT2D eigenvalue weighted by molar-refractivity contribution is 5.47. The molecule has 0 N–H and O–H groups in total. The molecule has 0 saturated carbocycles. The third kappa shape index (κ3) is 3.23. The largest absolute Gasteiger partial charge is 0.356 e. The molecule has 126 valence electrons. The number of hydrogen-bond donors (Lipinski definition) is 0. The third-order valence-corrected chi connectivity index (χ3v) is 5.31. The molecule has 24 heavy (non-hydrogen) atoms. The fourth-order valence-corrected chi connectivity index (χ4v) is 3.92. The van der Waals surface area contributed by atoms with Crippen LogP contribution in [-0.2, 0) is 0 Å². The highest BCUT2D eigenvalue weighted by atomic mass is 15.3. The van der Waals surface area contributed by atoms with E-state index >= 15 is 0 Å². The monoisotopic (exact) mass is 322 g/mol. The Bertz CT molecular complexity index is 671. The Morgan fingerprint density at radius 2 is 1.58 bits per heavy atom. The molecule has 0 bridgehead atoms. The summed E-state index contributed by atoms with van der Waals surface area (Å²) in [5, 5.41) is 0. The van der Waals surface area contributed by atoms with Gasteiger partial charge in [-0.2, -0.15) is 4.98 Å². The predicted molar refractivity (Wildman–Crippen MR) is 98.8 cm³/mol. The Hall–Kier alpha value is -2.10. The van der Waals surface area contributed by atoms with Crippen molar-refractivity contribution in [3.63, 3.8) is 0 Å². The second-order valence-corrected chi connectivity index (χ2v) is 7.03. The molecule has 0 atom stereocenters. The molecule has 0 radical (unpaired) electrons. The van der Waals surface area contributed by atoms with Crippen LogP contribution >= 0.6 is 0 Å². The number of rotatable bonds is 3. The van der Waals surface area contributed by atoms with Crippen molar-refractivity contribution in [1.82, 2.24) is 9.97 Å². The van der Waals surface area contributed by atoms with Crippen LogP contribution in [0.1, 0.15) is 42.9 Å². The SMILES string of the molecule is Cc1cc(N2CCCC2)nc(N2CCC(c3ccccc3)CC2)n1. The van der Waals surface area contributed by atoms with Gasteiger partial charge in [0.25, 0.3) is 0 Å². The molecular weight excluding hydrogens is 296 g/mol. The fraction of sp³-hybridized carbons (Fsp3) is 0.500. The van der Waals surface area contributed by atoms with Crippen molar-refractivity contribution < 1.29 is 0 Å². The molecular formula is C20H26N4.